The lowest BCUT2D eigenvalue weighted by Gasteiger charge is -2.14. The molecule has 1 amide bonds. The quantitative estimate of drug-likeness (QED) is 0.526. The van der Waals surface area contributed by atoms with Crippen molar-refractivity contribution in [3.63, 3.8) is 0 Å². The van der Waals surface area contributed by atoms with Crippen molar-refractivity contribution < 1.29 is 4.79 Å². The van der Waals surface area contributed by atoms with Crippen LogP contribution in [0.2, 0.25) is 0 Å². The monoisotopic (exact) mass is 139 g/mol. The van der Waals surface area contributed by atoms with E-state index in [0.29, 0.717) is 0 Å². The van der Waals surface area contributed by atoms with E-state index in [1.54, 1.807) is 0 Å². The highest BCUT2D eigenvalue weighted by Crippen LogP contribution is 2.10. The van der Waals surface area contributed by atoms with Gasteiger partial charge in [0, 0.05) is 19.5 Å². The Labute approximate surface area is 61.5 Å². The van der Waals surface area contributed by atoms with Crippen molar-refractivity contribution in [3.05, 3.63) is 12.2 Å². The predicted molar refractivity (Wildman–Crippen MR) is 40.6 cm³/mol. The lowest BCUT2D eigenvalue weighted by molar-refractivity contribution is -0.127. The van der Waals surface area contributed by atoms with E-state index in [1.165, 1.54) is 0 Å². The molecule has 0 N–H and O–H groups in total. The van der Waals surface area contributed by atoms with Gasteiger partial charge in [-0.1, -0.05) is 12.2 Å². The van der Waals surface area contributed by atoms with E-state index >= 15 is 0 Å². The van der Waals surface area contributed by atoms with Crippen LogP contribution in [0, 0.1) is 0 Å². The standard InChI is InChI=1S/C8H13NO/c1-7(2)6-9-5-3-4-8(9)10/h1,3-6H2,2H3. The lowest BCUT2D eigenvalue weighted by atomic mass is 10.3. The van der Waals surface area contributed by atoms with E-state index < -0.39 is 0 Å². The van der Waals surface area contributed by atoms with Crippen LogP contribution in [0.25, 0.3) is 0 Å². The molecule has 0 aromatic rings. The number of carbonyl (C=O) groups is 1. The molecule has 1 heterocycles. The zero-order valence-corrected chi connectivity index (χ0v) is 6.39. The van der Waals surface area contributed by atoms with Gasteiger partial charge in [0.2, 0.25) is 5.91 Å². The van der Waals surface area contributed by atoms with Gasteiger partial charge in [0.15, 0.2) is 0 Å². The molecule has 2 heteroatoms. The van der Waals surface area contributed by atoms with Crippen LogP contribution < -0.4 is 0 Å². The Balaban J connectivity index is 2.40. The maximum absolute atomic E-state index is 11.0. The summed E-state index contributed by atoms with van der Waals surface area (Å²) in [7, 11) is 0. The van der Waals surface area contributed by atoms with Gasteiger partial charge in [-0.25, -0.2) is 0 Å². The highest BCUT2D eigenvalue weighted by molar-refractivity contribution is 5.78. The van der Waals surface area contributed by atoms with Gasteiger partial charge in [-0.05, 0) is 13.3 Å². The predicted octanol–water partition coefficient (Wildman–Crippen LogP) is 1.18. The molecule has 0 atom stereocenters. The minimum absolute atomic E-state index is 0.281. The Bertz CT molecular complexity index is 163. The molecule has 1 saturated heterocycles. The first-order valence-electron chi connectivity index (χ1n) is 3.62. The second kappa shape index (κ2) is 2.86. The van der Waals surface area contributed by atoms with Crippen LogP contribution in [-0.4, -0.2) is 23.9 Å². The number of rotatable bonds is 2. The smallest absolute Gasteiger partial charge is 0.222 e. The van der Waals surface area contributed by atoms with Crippen LogP contribution in [0.5, 0.6) is 0 Å². The molecule has 0 radical (unpaired) electrons. The van der Waals surface area contributed by atoms with Gasteiger partial charge in [-0.3, -0.25) is 4.79 Å². The first-order chi connectivity index (χ1) is 4.70. The number of carbonyl (C=O) groups excluding carboxylic acids is 1. The fourth-order valence-corrected chi connectivity index (χ4v) is 1.20. The Morgan fingerprint density at radius 3 is 2.90 bits per heavy atom. The van der Waals surface area contributed by atoms with Crippen molar-refractivity contribution in [1.82, 2.24) is 4.90 Å². The molecular formula is C8H13NO. The summed E-state index contributed by atoms with van der Waals surface area (Å²) in [4.78, 5) is 12.9. The molecule has 1 rings (SSSR count). The van der Waals surface area contributed by atoms with Crippen molar-refractivity contribution in [3.8, 4) is 0 Å². The second-order valence-corrected chi connectivity index (χ2v) is 2.88. The van der Waals surface area contributed by atoms with E-state index in [0.717, 1.165) is 31.5 Å². The van der Waals surface area contributed by atoms with Gasteiger partial charge in [-0.15, -0.1) is 0 Å². The van der Waals surface area contributed by atoms with Crippen LogP contribution in [0.4, 0.5) is 0 Å². The Morgan fingerprint density at radius 2 is 2.50 bits per heavy atom. The summed E-state index contributed by atoms with van der Waals surface area (Å²) in [5.74, 6) is 0.281. The largest absolute Gasteiger partial charge is 0.339 e. The van der Waals surface area contributed by atoms with Gasteiger partial charge in [0.25, 0.3) is 0 Å². The van der Waals surface area contributed by atoms with Crippen LogP contribution in [0.1, 0.15) is 19.8 Å². The van der Waals surface area contributed by atoms with Crippen LogP contribution >= 0.6 is 0 Å². The summed E-state index contributed by atoms with van der Waals surface area (Å²) in [6.07, 6.45) is 1.75. The number of hydrogen-bond donors (Lipinski definition) is 0. The van der Waals surface area contributed by atoms with Gasteiger partial charge in [-0.2, -0.15) is 0 Å². The first kappa shape index (κ1) is 7.32. The normalized spacial score (nSPS) is 18.1. The number of nitrogens with zero attached hydrogens (tertiary/aromatic N) is 1. The average molecular weight is 139 g/mol. The van der Waals surface area contributed by atoms with Crippen LogP contribution in [0.15, 0.2) is 12.2 Å². The summed E-state index contributed by atoms with van der Waals surface area (Å²) < 4.78 is 0. The van der Waals surface area contributed by atoms with Crippen molar-refractivity contribution in [2.24, 2.45) is 0 Å². The second-order valence-electron chi connectivity index (χ2n) is 2.88. The van der Waals surface area contributed by atoms with Crippen LogP contribution in [0.3, 0.4) is 0 Å². The molecule has 0 spiro atoms. The molecule has 1 aliphatic rings. The Morgan fingerprint density at radius 1 is 1.80 bits per heavy atom. The number of hydrogen-bond acceptors (Lipinski definition) is 1. The number of likely N-dealkylation sites (tertiary alicyclic amines) is 1. The van der Waals surface area contributed by atoms with Crippen LogP contribution in [-0.2, 0) is 4.79 Å². The summed E-state index contributed by atoms with van der Waals surface area (Å²) in [6, 6.07) is 0. The van der Waals surface area contributed by atoms with Gasteiger partial charge in [0.05, 0.1) is 0 Å². The maximum Gasteiger partial charge on any atom is 0.222 e. The van der Waals surface area contributed by atoms with Crippen molar-refractivity contribution >= 4 is 5.91 Å². The molecule has 1 aliphatic heterocycles. The molecule has 1 fully saturated rings. The van der Waals surface area contributed by atoms with Gasteiger partial charge in [0.1, 0.15) is 0 Å². The van der Waals surface area contributed by atoms with Crippen molar-refractivity contribution in [2.45, 2.75) is 19.8 Å². The third kappa shape index (κ3) is 1.59. The van der Waals surface area contributed by atoms with Crippen molar-refractivity contribution in [1.29, 1.82) is 0 Å². The summed E-state index contributed by atoms with van der Waals surface area (Å²) in [5, 5.41) is 0. The number of amides is 1. The zero-order valence-electron chi connectivity index (χ0n) is 6.39. The third-order valence-corrected chi connectivity index (χ3v) is 1.63. The Kier molecular flexibility index (Phi) is 2.10. The molecule has 0 saturated carbocycles. The fourth-order valence-electron chi connectivity index (χ4n) is 1.20. The van der Waals surface area contributed by atoms with Gasteiger partial charge < -0.3 is 4.90 Å². The minimum atomic E-state index is 0.281. The van der Waals surface area contributed by atoms with E-state index in [4.69, 9.17) is 0 Å². The van der Waals surface area contributed by atoms with E-state index in [-0.39, 0.29) is 5.91 Å². The average Bonchev–Trinajstić information content (AvgIpc) is 2.15. The molecule has 56 valence electrons. The van der Waals surface area contributed by atoms with Crippen molar-refractivity contribution in [2.75, 3.05) is 13.1 Å². The molecule has 0 aliphatic carbocycles. The highest BCUT2D eigenvalue weighted by atomic mass is 16.2. The summed E-state index contributed by atoms with van der Waals surface area (Å²) >= 11 is 0. The molecule has 0 unspecified atom stereocenters. The van der Waals surface area contributed by atoms with E-state index in [2.05, 4.69) is 6.58 Å². The topological polar surface area (TPSA) is 20.3 Å². The molecule has 0 aromatic carbocycles. The SMILES string of the molecule is C=C(C)CN1CCCC1=O. The zero-order chi connectivity index (χ0) is 7.56. The first-order valence-corrected chi connectivity index (χ1v) is 3.62. The molecule has 0 aromatic heterocycles. The fraction of sp³-hybridized carbons (Fsp3) is 0.625. The maximum atomic E-state index is 11.0. The summed E-state index contributed by atoms with van der Waals surface area (Å²) in [5.41, 5.74) is 1.07. The molecule has 10 heavy (non-hydrogen) atoms. The van der Waals surface area contributed by atoms with Gasteiger partial charge >= 0.3 is 0 Å². The van der Waals surface area contributed by atoms with E-state index in [1.807, 2.05) is 11.8 Å². The summed E-state index contributed by atoms with van der Waals surface area (Å²) in [6.45, 7) is 7.38. The lowest BCUT2D eigenvalue weighted by Crippen LogP contribution is -2.25. The van der Waals surface area contributed by atoms with E-state index in [9.17, 15) is 4.79 Å². The highest BCUT2D eigenvalue weighted by Gasteiger charge is 2.18. The third-order valence-electron chi connectivity index (χ3n) is 1.63. The molecular weight excluding hydrogens is 126 g/mol. The molecule has 0 bridgehead atoms. The Hall–Kier alpha value is -0.790. The minimum Gasteiger partial charge on any atom is -0.339 e. The molecule has 2 nitrogen and oxygen atoms in total.